The summed E-state index contributed by atoms with van der Waals surface area (Å²) < 4.78 is 11.0. The number of hydrogen-bond acceptors (Lipinski definition) is 5. The van der Waals surface area contributed by atoms with Gasteiger partial charge in [0.1, 0.15) is 12.2 Å². The zero-order valence-electron chi connectivity index (χ0n) is 18.7. The van der Waals surface area contributed by atoms with Crippen LogP contribution in [0.15, 0.2) is 30.3 Å². The van der Waals surface area contributed by atoms with Crippen molar-refractivity contribution in [1.82, 2.24) is 14.7 Å². The molecular weight excluding hydrogens is 382 g/mol. The smallest absolute Gasteiger partial charge is 0.410 e. The average Bonchev–Trinajstić information content (AvgIpc) is 2.71. The van der Waals surface area contributed by atoms with Crippen molar-refractivity contribution >= 4 is 12.2 Å². The predicted octanol–water partition coefficient (Wildman–Crippen LogP) is 3.73. The Hall–Kier alpha value is -2.28. The summed E-state index contributed by atoms with van der Waals surface area (Å²) in [7, 11) is 0. The lowest BCUT2D eigenvalue weighted by molar-refractivity contribution is -0.00993. The summed E-state index contributed by atoms with van der Waals surface area (Å²) in [5.74, 6) is 0. The van der Waals surface area contributed by atoms with Crippen LogP contribution in [-0.4, -0.2) is 77.3 Å². The van der Waals surface area contributed by atoms with E-state index in [2.05, 4.69) is 11.8 Å². The van der Waals surface area contributed by atoms with Crippen LogP contribution >= 0.6 is 0 Å². The molecule has 1 unspecified atom stereocenters. The molecule has 7 nitrogen and oxygen atoms in total. The lowest BCUT2D eigenvalue weighted by Crippen LogP contribution is -2.59. The number of rotatable bonds is 3. The third kappa shape index (κ3) is 6.11. The molecule has 166 valence electrons. The number of carbonyl (C=O) groups excluding carboxylic acids is 2. The second-order valence-electron chi connectivity index (χ2n) is 9.27. The molecule has 1 atom stereocenters. The van der Waals surface area contributed by atoms with Crippen LogP contribution in [0.25, 0.3) is 0 Å². The second kappa shape index (κ2) is 9.69. The van der Waals surface area contributed by atoms with Gasteiger partial charge in [0.25, 0.3) is 0 Å². The van der Waals surface area contributed by atoms with E-state index in [0.717, 1.165) is 24.9 Å². The third-order valence-corrected chi connectivity index (χ3v) is 5.73. The molecule has 0 saturated carbocycles. The van der Waals surface area contributed by atoms with Crippen molar-refractivity contribution < 1.29 is 19.1 Å². The normalized spacial score (nSPS) is 21.4. The van der Waals surface area contributed by atoms with E-state index < -0.39 is 5.60 Å². The summed E-state index contributed by atoms with van der Waals surface area (Å²) in [4.78, 5) is 30.8. The molecule has 0 bridgehead atoms. The molecule has 0 aliphatic carbocycles. The number of piperidine rings is 1. The monoisotopic (exact) mass is 417 g/mol. The first-order chi connectivity index (χ1) is 14.2. The van der Waals surface area contributed by atoms with Crippen LogP contribution < -0.4 is 0 Å². The van der Waals surface area contributed by atoms with Crippen LogP contribution in [0.1, 0.15) is 46.1 Å². The molecule has 7 heteroatoms. The zero-order chi connectivity index (χ0) is 21.7. The van der Waals surface area contributed by atoms with Gasteiger partial charge in [-0.2, -0.15) is 0 Å². The maximum absolute atomic E-state index is 12.4. The van der Waals surface area contributed by atoms with Crippen molar-refractivity contribution in [1.29, 1.82) is 0 Å². The minimum Gasteiger partial charge on any atom is -0.445 e. The molecular formula is C23H35N3O4. The summed E-state index contributed by atoms with van der Waals surface area (Å²) in [6, 6.07) is 10.4. The Bertz CT molecular complexity index is 711. The first-order valence-corrected chi connectivity index (χ1v) is 10.9. The largest absolute Gasteiger partial charge is 0.445 e. The van der Waals surface area contributed by atoms with Crippen molar-refractivity contribution in [2.24, 2.45) is 0 Å². The van der Waals surface area contributed by atoms with E-state index in [4.69, 9.17) is 9.47 Å². The molecule has 0 N–H and O–H groups in total. The lowest BCUT2D eigenvalue weighted by atomic mass is 10.00. The van der Waals surface area contributed by atoms with E-state index in [0.29, 0.717) is 38.8 Å². The van der Waals surface area contributed by atoms with Gasteiger partial charge < -0.3 is 19.3 Å². The number of piperazine rings is 1. The SMILES string of the molecule is CC1CN(C(=O)OC(C)(C)C)CCN1C1CCN(C(=O)OCc2ccccc2)CC1. The van der Waals surface area contributed by atoms with E-state index in [-0.39, 0.29) is 18.2 Å². The van der Waals surface area contributed by atoms with Crippen molar-refractivity contribution in [2.75, 3.05) is 32.7 Å². The average molecular weight is 418 g/mol. The van der Waals surface area contributed by atoms with Gasteiger partial charge in [0.05, 0.1) is 0 Å². The van der Waals surface area contributed by atoms with Crippen LogP contribution in [0, 0.1) is 0 Å². The Balaban J connectivity index is 1.43. The van der Waals surface area contributed by atoms with Crippen molar-refractivity contribution in [3.8, 4) is 0 Å². The highest BCUT2D eigenvalue weighted by Crippen LogP contribution is 2.23. The number of ether oxygens (including phenoxy) is 2. The Morgan fingerprint density at radius 3 is 2.23 bits per heavy atom. The molecule has 30 heavy (non-hydrogen) atoms. The van der Waals surface area contributed by atoms with Gasteiger partial charge in [-0.3, -0.25) is 4.90 Å². The molecule has 2 fully saturated rings. The highest BCUT2D eigenvalue weighted by atomic mass is 16.6. The zero-order valence-corrected chi connectivity index (χ0v) is 18.7. The number of amides is 2. The van der Waals surface area contributed by atoms with E-state index in [1.807, 2.05) is 56.0 Å². The summed E-state index contributed by atoms with van der Waals surface area (Å²) in [6.45, 7) is 11.8. The van der Waals surface area contributed by atoms with E-state index in [9.17, 15) is 9.59 Å². The Morgan fingerprint density at radius 2 is 1.63 bits per heavy atom. The van der Waals surface area contributed by atoms with Crippen LogP contribution in [0.2, 0.25) is 0 Å². The third-order valence-electron chi connectivity index (χ3n) is 5.73. The van der Waals surface area contributed by atoms with Gasteiger partial charge in [-0.25, -0.2) is 9.59 Å². The number of benzene rings is 1. The molecule has 0 spiro atoms. The van der Waals surface area contributed by atoms with E-state index >= 15 is 0 Å². The topological polar surface area (TPSA) is 62.3 Å². The summed E-state index contributed by atoms with van der Waals surface area (Å²) >= 11 is 0. The fraction of sp³-hybridized carbons (Fsp3) is 0.652. The van der Waals surface area contributed by atoms with Crippen molar-refractivity contribution in [3.63, 3.8) is 0 Å². The van der Waals surface area contributed by atoms with E-state index in [1.54, 1.807) is 4.90 Å². The van der Waals surface area contributed by atoms with Crippen molar-refractivity contribution in [3.05, 3.63) is 35.9 Å². The van der Waals surface area contributed by atoms with Gasteiger partial charge >= 0.3 is 12.2 Å². The maximum atomic E-state index is 12.4. The number of likely N-dealkylation sites (tertiary alicyclic amines) is 1. The van der Waals surface area contributed by atoms with Gasteiger partial charge in [-0.15, -0.1) is 0 Å². The molecule has 1 aromatic rings. The van der Waals surface area contributed by atoms with Gasteiger partial charge in [0.15, 0.2) is 0 Å². The van der Waals surface area contributed by atoms with Crippen LogP contribution in [-0.2, 0) is 16.1 Å². The standard InChI is InChI=1S/C23H35N3O4/c1-18-16-25(22(28)30-23(2,3)4)14-15-26(18)20-10-12-24(13-11-20)21(27)29-17-19-8-6-5-7-9-19/h5-9,18,20H,10-17H2,1-4H3. The Kier molecular flexibility index (Phi) is 7.23. The first kappa shape index (κ1) is 22.4. The molecule has 2 heterocycles. The fourth-order valence-corrected chi connectivity index (χ4v) is 4.20. The maximum Gasteiger partial charge on any atom is 0.410 e. The minimum atomic E-state index is -0.473. The number of carbonyl (C=O) groups is 2. The molecule has 2 aliphatic rings. The molecule has 2 aliphatic heterocycles. The van der Waals surface area contributed by atoms with E-state index in [1.165, 1.54) is 0 Å². The van der Waals surface area contributed by atoms with Gasteiger partial charge in [0.2, 0.25) is 0 Å². The summed E-state index contributed by atoms with van der Waals surface area (Å²) in [5.41, 5.74) is 0.525. The van der Waals surface area contributed by atoms with Crippen molar-refractivity contribution in [2.45, 2.75) is 64.8 Å². The van der Waals surface area contributed by atoms with Crippen LogP contribution in [0.5, 0.6) is 0 Å². The molecule has 1 aromatic carbocycles. The summed E-state index contributed by atoms with van der Waals surface area (Å²) in [6.07, 6.45) is 1.39. The fourth-order valence-electron chi connectivity index (χ4n) is 4.20. The van der Waals surface area contributed by atoms with Crippen LogP contribution in [0.4, 0.5) is 9.59 Å². The molecule has 0 aromatic heterocycles. The summed E-state index contributed by atoms with van der Waals surface area (Å²) in [5, 5.41) is 0. The molecule has 2 amide bonds. The second-order valence-corrected chi connectivity index (χ2v) is 9.27. The quantitative estimate of drug-likeness (QED) is 0.750. The molecule has 3 rings (SSSR count). The van der Waals surface area contributed by atoms with Gasteiger partial charge in [-0.1, -0.05) is 30.3 Å². The highest BCUT2D eigenvalue weighted by Gasteiger charge is 2.35. The van der Waals surface area contributed by atoms with Gasteiger partial charge in [-0.05, 0) is 46.1 Å². The van der Waals surface area contributed by atoms with Gasteiger partial charge in [0, 0.05) is 44.8 Å². The first-order valence-electron chi connectivity index (χ1n) is 10.9. The highest BCUT2D eigenvalue weighted by molar-refractivity contribution is 5.68. The lowest BCUT2D eigenvalue weighted by Gasteiger charge is -2.46. The number of hydrogen-bond donors (Lipinski definition) is 0. The molecule has 0 radical (unpaired) electrons. The predicted molar refractivity (Wildman–Crippen MR) is 115 cm³/mol. The molecule has 2 saturated heterocycles. The Morgan fingerprint density at radius 1 is 0.967 bits per heavy atom. The van der Waals surface area contributed by atoms with Crippen LogP contribution in [0.3, 0.4) is 0 Å². The Labute approximate surface area is 179 Å². The number of nitrogens with zero attached hydrogens (tertiary/aromatic N) is 3. The minimum absolute atomic E-state index is 0.231.